The Balaban J connectivity index is 1.59. The van der Waals surface area contributed by atoms with Crippen LogP contribution in [0.2, 0.25) is 0 Å². The van der Waals surface area contributed by atoms with Gasteiger partial charge in [-0.15, -0.1) is 0 Å². The number of aryl methyl sites for hydroxylation is 1. The molecular weight excluding hydrogens is 384 g/mol. The van der Waals surface area contributed by atoms with E-state index in [1.807, 2.05) is 25.4 Å². The third-order valence-electron chi connectivity index (χ3n) is 5.51. The number of primary amides is 1. The molecule has 1 amide bonds. The maximum Gasteiger partial charge on any atom is 0.229 e. The lowest BCUT2D eigenvalue weighted by Crippen LogP contribution is -2.29. The van der Waals surface area contributed by atoms with Crippen molar-refractivity contribution in [1.82, 2.24) is 29.9 Å². The van der Waals surface area contributed by atoms with Crippen LogP contribution >= 0.6 is 0 Å². The summed E-state index contributed by atoms with van der Waals surface area (Å²) in [6.07, 6.45) is 6.81. The molecule has 4 heterocycles. The molecule has 10 heteroatoms. The van der Waals surface area contributed by atoms with E-state index in [1.165, 1.54) is 0 Å². The van der Waals surface area contributed by atoms with Crippen LogP contribution < -0.4 is 11.1 Å². The van der Waals surface area contributed by atoms with Gasteiger partial charge < -0.3 is 15.6 Å². The van der Waals surface area contributed by atoms with Gasteiger partial charge in [0, 0.05) is 43.5 Å². The van der Waals surface area contributed by atoms with Crippen LogP contribution in [0.25, 0.3) is 22.0 Å². The topological polar surface area (TPSA) is 138 Å². The van der Waals surface area contributed by atoms with Gasteiger partial charge in [-0.3, -0.25) is 14.5 Å². The second-order valence-electron chi connectivity index (χ2n) is 7.46. The number of anilines is 1. The Morgan fingerprint density at radius 2 is 2.13 bits per heavy atom. The Bertz CT molecular complexity index is 1270. The largest absolute Gasteiger partial charge is 0.373 e. The minimum Gasteiger partial charge on any atom is -0.373 e. The number of carbonyl (C=O) groups excluding carboxylic acids is 1. The third-order valence-corrected chi connectivity index (χ3v) is 5.51. The zero-order valence-corrected chi connectivity index (χ0v) is 16.6. The van der Waals surface area contributed by atoms with Gasteiger partial charge in [0.2, 0.25) is 11.8 Å². The number of nitrogens with two attached hydrogens (primary N) is 1. The minimum atomic E-state index is -0.662. The van der Waals surface area contributed by atoms with E-state index in [2.05, 4.69) is 30.5 Å². The number of aromatic nitrogens is 6. The van der Waals surface area contributed by atoms with Crippen LogP contribution in [-0.2, 0) is 16.8 Å². The molecule has 1 aliphatic carbocycles. The molecule has 1 fully saturated rings. The van der Waals surface area contributed by atoms with Crippen molar-refractivity contribution in [2.45, 2.75) is 31.7 Å². The maximum atomic E-state index is 12.0. The average Bonchev–Trinajstić information content (AvgIpc) is 3.28. The van der Waals surface area contributed by atoms with Crippen LogP contribution in [0, 0.1) is 6.92 Å². The first-order chi connectivity index (χ1) is 14.5. The summed E-state index contributed by atoms with van der Waals surface area (Å²) in [6, 6.07) is 3.84. The van der Waals surface area contributed by atoms with Crippen LogP contribution in [0.5, 0.6) is 0 Å². The monoisotopic (exact) mass is 404 g/mol. The first-order valence-corrected chi connectivity index (χ1v) is 9.60. The van der Waals surface area contributed by atoms with Crippen molar-refractivity contribution in [2.24, 2.45) is 5.73 Å². The Labute approximate surface area is 171 Å². The average molecular weight is 404 g/mol. The molecule has 30 heavy (non-hydrogen) atoms. The molecule has 0 spiro atoms. The molecule has 10 nitrogen and oxygen atoms in total. The number of nitrogens with zero attached hydrogens (tertiary/aromatic N) is 6. The predicted molar refractivity (Wildman–Crippen MR) is 109 cm³/mol. The van der Waals surface area contributed by atoms with Crippen LogP contribution in [0.15, 0.2) is 35.2 Å². The van der Waals surface area contributed by atoms with E-state index in [4.69, 9.17) is 10.3 Å². The number of carbonyl (C=O) groups is 1. The lowest BCUT2D eigenvalue weighted by atomic mass is 9.97. The van der Waals surface area contributed by atoms with Crippen molar-refractivity contribution < 1.29 is 9.32 Å². The number of rotatable bonds is 6. The summed E-state index contributed by atoms with van der Waals surface area (Å²) >= 11 is 0. The Hall–Kier alpha value is -3.82. The second-order valence-corrected chi connectivity index (χ2v) is 7.46. The molecule has 0 radical (unpaired) electrons. The molecule has 5 rings (SSSR count). The highest BCUT2D eigenvalue weighted by atomic mass is 16.5. The van der Waals surface area contributed by atoms with Crippen molar-refractivity contribution in [3.05, 3.63) is 48.1 Å². The Morgan fingerprint density at radius 1 is 1.30 bits per heavy atom. The number of pyridine rings is 2. The third kappa shape index (κ3) is 2.88. The highest BCUT2D eigenvalue weighted by Crippen LogP contribution is 2.48. The molecule has 152 valence electrons. The SMILES string of the molecule is CNc1ncc(-c2ccn(Cc3noc(C)n3)n2)c2cc(C3(C(N)=O)CC3)ncc12. The highest BCUT2D eigenvalue weighted by Gasteiger charge is 2.51. The summed E-state index contributed by atoms with van der Waals surface area (Å²) < 4.78 is 6.76. The standard InChI is InChI=1S/C20H20N8O2/c1-11-25-17(27-30-11)10-28-6-3-15(26-28)13-8-24-18(22-2)14-9-23-16(7-12(13)14)20(4-5-20)19(21)29/h3,6-9H,4-5,10H2,1-2H3,(H2,21,29)(H,22,24). The first-order valence-electron chi connectivity index (χ1n) is 9.60. The zero-order chi connectivity index (χ0) is 20.9. The molecule has 4 aromatic heterocycles. The number of hydrogen-bond acceptors (Lipinski definition) is 8. The molecule has 3 N–H and O–H groups in total. The van der Waals surface area contributed by atoms with Gasteiger partial charge in [-0.2, -0.15) is 10.1 Å². The summed E-state index contributed by atoms with van der Waals surface area (Å²) in [6.45, 7) is 2.14. The van der Waals surface area contributed by atoms with Gasteiger partial charge in [0.05, 0.1) is 16.8 Å². The van der Waals surface area contributed by atoms with E-state index in [1.54, 1.807) is 24.0 Å². The first kappa shape index (κ1) is 18.2. The smallest absolute Gasteiger partial charge is 0.229 e. The summed E-state index contributed by atoms with van der Waals surface area (Å²) in [5, 5.41) is 13.4. The van der Waals surface area contributed by atoms with Crippen molar-refractivity contribution in [1.29, 1.82) is 0 Å². The van der Waals surface area contributed by atoms with E-state index >= 15 is 0 Å². The molecule has 0 saturated heterocycles. The van der Waals surface area contributed by atoms with Crippen LogP contribution in [0.4, 0.5) is 5.82 Å². The molecular formula is C20H20N8O2. The fourth-order valence-corrected chi connectivity index (χ4v) is 3.70. The number of fused-ring (bicyclic) bond motifs is 1. The molecule has 1 aliphatic rings. The minimum absolute atomic E-state index is 0.335. The summed E-state index contributed by atoms with van der Waals surface area (Å²) in [5.41, 5.74) is 7.27. The van der Waals surface area contributed by atoms with Gasteiger partial charge in [0.15, 0.2) is 5.82 Å². The quantitative estimate of drug-likeness (QED) is 0.496. The van der Waals surface area contributed by atoms with Crippen molar-refractivity contribution in [3.8, 4) is 11.3 Å². The fourth-order valence-electron chi connectivity index (χ4n) is 3.70. The summed E-state index contributed by atoms with van der Waals surface area (Å²) in [4.78, 5) is 25.3. The van der Waals surface area contributed by atoms with Crippen LogP contribution in [0.1, 0.15) is 30.3 Å². The lowest BCUT2D eigenvalue weighted by molar-refractivity contribution is -0.120. The molecule has 0 unspecified atom stereocenters. The summed E-state index contributed by atoms with van der Waals surface area (Å²) in [5.74, 6) is 1.44. The van der Waals surface area contributed by atoms with Crippen molar-refractivity contribution in [2.75, 3.05) is 12.4 Å². The number of nitrogens with one attached hydrogen (secondary N) is 1. The molecule has 0 aliphatic heterocycles. The van der Waals surface area contributed by atoms with Crippen molar-refractivity contribution >= 4 is 22.5 Å². The Morgan fingerprint density at radius 3 is 2.80 bits per heavy atom. The van der Waals surface area contributed by atoms with Gasteiger partial charge in [0.25, 0.3) is 0 Å². The maximum absolute atomic E-state index is 12.0. The second kappa shape index (κ2) is 6.61. The molecule has 1 saturated carbocycles. The molecule has 4 aromatic rings. The van der Waals surface area contributed by atoms with Crippen molar-refractivity contribution in [3.63, 3.8) is 0 Å². The van der Waals surface area contributed by atoms with Gasteiger partial charge in [0.1, 0.15) is 12.4 Å². The van der Waals surface area contributed by atoms with Gasteiger partial charge in [-0.05, 0) is 30.4 Å². The number of hydrogen-bond donors (Lipinski definition) is 2. The summed E-state index contributed by atoms with van der Waals surface area (Å²) in [7, 11) is 1.81. The van der Waals surface area contributed by atoms with E-state index in [9.17, 15) is 4.79 Å². The molecule has 0 bridgehead atoms. The van der Waals surface area contributed by atoms with E-state index in [-0.39, 0.29) is 5.91 Å². The van der Waals surface area contributed by atoms with E-state index in [0.717, 1.165) is 34.9 Å². The zero-order valence-electron chi connectivity index (χ0n) is 16.6. The van der Waals surface area contributed by atoms with Gasteiger partial charge in [-0.25, -0.2) is 4.98 Å². The van der Waals surface area contributed by atoms with Crippen LogP contribution in [-0.4, -0.2) is 42.8 Å². The Kier molecular flexibility index (Phi) is 4.02. The number of amides is 1. The lowest BCUT2D eigenvalue weighted by Gasteiger charge is -2.14. The molecule has 0 atom stereocenters. The predicted octanol–water partition coefficient (Wildman–Crippen LogP) is 1.79. The highest BCUT2D eigenvalue weighted by molar-refractivity contribution is 6.01. The van der Waals surface area contributed by atoms with E-state index < -0.39 is 5.41 Å². The normalized spacial score (nSPS) is 14.7. The van der Waals surface area contributed by atoms with Gasteiger partial charge in [-0.1, -0.05) is 5.16 Å². The van der Waals surface area contributed by atoms with Gasteiger partial charge >= 0.3 is 0 Å². The van der Waals surface area contributed by atoms with Crippen LogP contribution in [0.3, 0.4) is 0 Å². The van der Waals surface area contributed by atoms with E-state index in [0.29, 0.717) is 29.8 Å². The fraction of sp³-hybridized carbons (Fsp3) is 0.300. The molecule has 0 aromatic carbocycles.